The first-order valence-corrected chi connectivity index (χ1v) is 52.4. The molecule has 0 spiro atoms. The van der Waals surface area contributed by atoms with E-state index in [0.717, 1.165) is 261 Å². The average molecular weight is 1890 g/mol. The number of nitriles is 1. The Morgan fingerprint density at radius 3 is 0.781 bits per heavy atom. The predicted molar refractivity (Wildman–Crippen MR) is 588 cm³/mol. The lowest BCUT2D eigenvalue weighted by Crippen LogP contribution is -2.37. The largest absolute Gasteiger partial charge is 0.455 e. The summed E-state index contributed by atoms with van der Waals surface area (Å²) in [6, 6.07) is 133. The standard InChI is InChI=1S/C38H19N5O2.C31H16N6.C30H17N5.C23H19N5Si/c1-7-15-31-21(9-1)23-19-24-22-10-2-8-16-32(22)45-36(24)33(35(23)44-31)20-17-29-34-30(18-20)42-28-14-6-4-12-26(28)40-38(42)43(34)37-39-25-11-3-5-13-27(25)41(29)37;32-17-18-9-10-20-14-21(12-11-19(20)13-18)22-15-27-29-28(16-22)36-26-8-4-2-6-24(26)34-31(36)37(29)30-33-23-5-1-3-7-25(23)35(27)30;1-2-8-19-15-20(14-13-18(19)7-1)21-16-26-28-27(17-21)34-25-12-6-4-10-23(25)32-30(34)35(28)29-31-22-9-3-5-11-24(22)33(26)29;1-29(2,3)14-12-19-21-20(13-14)27-18-11-7-5-9-16(18)25-23(27)28(21)22-24-15-8-4-6-10-17(15)26(19)22/h1-19H;1-16H;1-17H;4-13H,1-3H3. The molecule has 18 heterocycles. The molecule has 0 radical (unpaired) electrons. The third-order valence-corrected chi connectivity index (χ3v) is 32.6. The minimum absolute atomic E-state index is 0.671. The van der Waals surface area contributed by atoms with Crippen molar-refractivity contribution in [2.24, 2.45) is 0 Å². The van der Waals surface area contributed by atoms with Gasteiger partial charge in [0.1, 0.15) is 44.4 Å². The van der Waals surface area contributed by atoms with Crippen LogP contribution in [0.3, 0.4) is 0 Å². The van der Waals surface area contributed by atoms with Crippen LogP contribution in [0.15, 0.2) is 385 Å². The van der Waals surface area contributed by atoms with E-state index in [1.807, 2.05) is 78.9 Å². The molecule has 19 aromatic carbocycles. The average Bonchev–Trinajstić information content (AvgIpc) is 1.55. The summed E-state index contributed by atoms with van der Waals surface area (Å²) in [7, 11) is -1.53. The van der Waals surface area contributed by atoms with Crippen molar-refractivity contribution in [3.8, 4) is 39.4 Å². The van der Waals surface area contributed by atoms with Crippen molar-refractivity contribution in [2.75, 3.05) is 0 Å². The van der Waals surface area contributed by atoms with Crippen molar-refractivity contribution in [1.29, 1.82) is 5.26 Å². The fourth-order valence-electron chi connectivity index (χ4n) is 24.1. The highest BCUT2D eigenvalue weighted by Gasteiger charge is 2.34. The summed E-state index contributed by atoms with van der Waals surface area (Å²) in [4.78, 5) is 40.4. The Labute approximate surface area is 821 Å². The molecule has 0 atom stereocenters. The Morgan fingerprint density at radius 2 is 0.466 bits per heavy atom. The number of hydrogen-bond acceptors (Lipinski definition) is 11. The van der Waals surface area contributed by atoms with Crippen LogP contribution in [0.25, 0.3) is 299 Å². The Kier molecular flexibility index (Phi) is 14.8. The van der Waals surface area contributed by atoms with Gasteiger partial charge < -0.3 is 8.83 Å². The van der Waals surface area contributed by atoms with Crippen LogP contribution >= 0.6 is 0 Å². The number of hydrogen-bond donors (Lipinski definition) is 0. The number of nitrogens with zero attached hydrogens (tertiary/aromatic N) is 21. The second-order valence-corrected chi connectivity index (χ2v) is 44.7. The molecule has 0 saturated carbocycles. The molecule has 0 aliphatic heterocycles. The van der Waals surface area contributed by atoms with E-state index >= 15 is 0 Å². The van der Waals surface area contributed by atoms with E-state index in [2.05, 4.69) is 376 Å². The van der Waals surface area contributed by atoms with Crippen LogP contribution in [0.2, 0.25) is 19.6 Å². The third kappa shape index (κ3) is 10.2. The van der Waals surface area contributed by atoms with Crippen LogP contribution in [0.5, 0.6) is 0 Å². The SMILES string of the molecule is C[Si](C)(C)c1cc2c3c(c1)n1c4ccccc4nc1n3c1nc3ccccc3n21.N#Cc1ccc2cc(-c3cc4c5c(c3)n3c6ccccc6nc3n5c3nc5ccccc5n43)ccc2c1.c1ccc2c(c1)nc1n2c2cc(-c3c4oc5ccccc5c4cc4c3oc3ccccc34)cc3c2n1c1nc2ccccc2n31.c1ccc2cc(-c3cc4c5c(c3)n3c6ccccc6nc3n5c3nc5ccccc5n43)ccc2c1. The summed E-state index contributed by atoms with van der Waals surface area (Å²) in [6.07, 6.45) is 0. The molecule has 37 aromatic rings. The highest BCUT2D eigenvalue weighted by molar-refractivity contribution is 6.89. The Bertz CT molecular complexity index is 11800. The second-order valence-electron chi connectivity index (χ2n) is 39.6. The van der Waals surface area contributed by atoms with Crippen molar-refractivity contribution in [2.45, 2.75) is 19.6 Å². The molecule has 0 saturated heterocycles. The van der Waals surface area contributed by atoms with E-state index < -0.39 is 8.07 Å². The number of imidazole rings is 16. The Morgan fingerprint density at radius 1 is 0.212 bits per heavy atom. The predicted octanol–water partition coefficient (Wildman–Crippen LogP) is 28.1. The molecule has 146 heavy (non-hydrogen) atoms. The Balaban J connectivity index is 0.0000000846. The van der Waals surface area contributed by atoms with Crippen LogP contribution in [-0.4, -0.2) is 101 Å². The van der Waals surface area contributed by atoms with Crippen LogP contribution < -0.4 is 5.19 Å². The quantitative estimate of drug-likeness (QED) is 0.151. The maximum Gasteiger partial charge on any atom is 0.223 e. The molecule has 0 amide bonds. The molecule has 24 heteroatoms. The number of benzene rings is 19. The molecule has 0 aliphatic carbocycles. The van der Waals surface area contributed by atoms with Crippen LogP contribution in [0.4, 0.5) is 0 Å². The van der Waals surface area contributed by atoms with Crippen molar-refractivity contribution < 1.29 is 8.83 Å². The number of rotatable bonds is 4. The van der Waals surface area contributed by atoms with Gasteiger partial charge in [-0.3, -0.25) is 35.2 Å². The first kappa shape index (κ1) is 77.8. The van der Waals surface area contributed by atoms with Gasteiger partial charge in [0, 0.05) is 21.5 Å². The van der Waals surface area contributed by atoms with Crippen LogP contribution in [0, 0.1) is 11.3 Å². The lowest BCUT2D eigenvalue weighted by atomic mass is 9.98. The molecule has 0 unspecified atom stereocenters. The van der Waals surface area contributed by atoms with E-state index in [1.54, 1.807) is 0 Å². The van der Waals surface area contributed by atoms with E-state index in [9.17, 15) is 5.26 Å². The van der Waals surface area contributed by atoms with Gasteiger partial charge in [0.2, 0.25) is 46.2 Å². The fourth-order valence-corrected chi connectivity index (χ4v) is 25.3. The van der Waals surface area contributed by atoms with Gasteiger partial charge in [-0.25, -0.2) is 57.5 Å². The lowest BCUT2D eigenvalue weighted by Gasteiger charge is -2.17. The summed E-state index contributed by atoms with van der Waals surface area (Å²) in [5.41, 5.74) is 40.8. The number of para-hydroxylation sites is 18. The molecule has 0 N–H and O–H groups in total. The smallest absolute Gasteiger partial charge is 0.223 e. The van der Waals surface area contributed by atoms with E-state index in [0.29, 0.717) is 5.56 Å². The fraction of sp³-hybridized carbons (Fsp3) is 0.0246. The van der Waals surface area contributed by atoms with E-state index in [1.165, 1.54) is 43.6 Å². The zero-order valence-corrected chi connectivity index (χ0v) is 79.0. The van der Waals surface area contributed by atoms with Gasteiger partial charge >= 0.3 is 0 Å². The third-order valence-electron chi connectivity index (χ3n) is 30.6. The lowest BCUT2D eigenvalue weighted by molar-refractivity contribution is 0.658. The van der Waals surface area contributed by atoms with Gasteiger partial charge in [0.25, 0.3) is 0 Å². The zero-order chi connectivity index (χ0) is 95.4. The monoisotopic (exact) mass is 1890 g/mol. The molecule has 37 rings (SSSR count). The second kappa shape index (κ2) is 27.8. The molecule has 0 aliphatic rings. The molecular formula is C122H71N21O2Si. The van der Waals surface area contributed by atoms with Gasteiger partial charge in [0.15, 0.2) is 0 Å². The normalized spacial score (nSPS) is 12.8. The molecular weight excluding hydrogens is 1820 g/mol. The summed E-state index contributed by atoms with van der Waals surface area (Å²) < 4.78 is 40.4. The minimum atomic E-state index is -1.53. The van der Waals surface area contributed by atoms with Gasteiger partial charge in [-0.1, -0.05) is 213 Å². The topological polar surface area (TPSA) is 206 Å². The first-order chi connectivity index (χ1) is 72.0. The summed E-state index contributed by atoms with van der Waals surface area (Å²) in [5.74, 6) is 7.08. The van der Waals surface area contributed by atoms with Crippen molar-refractivity contribution in [1.82, 2.24) is 92.7 Å². The minimum Gasteiger partial charge on any atom is -0.455 e. The highest BCUT2D eigenvalue weighted by atomic mass is 28.3. The van der Waals surface area contributed by atoms with Crippen molar-refractivity contribution in [3.63, 3.8) is 0 Å². The van der Waals surface area contributed by atoms with Crippen LogP contribution in [-0.2, 0) is 0 Å². The molecule has 18 aromatic heterocycles. The zero-order valence-electron chi connectivity index (χ0n) is 78.0. The Hall–Kier alpha value is -20.0. The van der Waals surface area contributed by atoms with E-state index in [-0.39, 0.29) is 0 Å². The number of furan rings is 2. The van der Waals surface area contributed by atoms with E-state index in [4.69, 9.17) is 48.7 Å². The molecule has 0 fully saturated rings. The number of aromatic nitrogens is 20. The number of fused-ring (bicyclic) bond motifs is 48. The molecule has 23 nitrogen and oxygen atoms in total. The molecule has 680 valence electrons. The summed E-state index contributed by atoms with van der Waals surface area (Å²) in [5, 5.41) is 19.7. The van der Waals surface area contributed by atoms with Crippen LogP contribution in [0.1, 0.15) is 5.56 Å². The van der Waals surface area contributed by atoms with Gasteiger partial charge in [-0.2, -0.15) is 5.26 Å². The van der Waals surface area contributed by atoms with Gasteiger partial charge in [0.05, 0.1) is 158 Å². The van der Waals surface area contributed by atoms with Gasteiger partial charge in [-0.15, -0.1) is 0 Å². The first-order valence-electron chi connectivity index (χ1n) is 48.9. The maximum atomic E-state index is 9.29. The van der Waals surface area contributed by atoms with Gasteiger partial charge in [-0.05, 0) is 237 Å². The highest BCUT2D eigenvalue weighted by Crippen LogP contribution is 2.49. The molecule has 0 bridgehead atoms. The van der Waals surface area contributed by atoms with Crippen molar-refractivity contribution in [3.05, 3.63) is 382 Å². The summed E-state index contributed by atoms with van der Waals surface area (Å²) in [6.45, 7) is 7.22. The maximum absolute atomic E-state index is 9.29. The van der Waals surface area contributed by atoms with Crippen molar-refractivity contribution >= 4 is 279 Å². The summed E-state index contributed by atoms with van der Waals surface area (Å²) >= 11 is 0.